The van der Waals surface area contributed by atoms with Crippen LogP contribution < -0.4 is 10.2 Å². The van der Waals surface area contributed by atoms with E-state index in [0.717, 1.165) is 0 Å². The molecule has 0 unspecified atom stereocenters. The molecule has 0 aromatic heterocycles. The van der Waals surface area contributed by atoms with Gasteiger partial charge in [0.1, 0.15) is 0 Å². The number of hydrogen-bond acceptors (Lipinski definition) is 2. The first-order valence-corrected chi connectivity index (χ1v) is 8.38. The van der Waals surface area contributed by atoms with Crippen LogP contribution in [-0.4, -0.2) is 24.2 Å². The third-order valence-electron chi connectivity index (χ3n) is 3.88. The van der Waals surface area contributed by atoms with E-state index >= 15 is 0 Å². The zero-order valence-electron chi connectivity index (χ0n) is 13.7. The number of carboxylic acids is 1. The maximum absolute atomic E-state index is 12.6. The molecule has 0 radical (unpaired) electrons. The summed E-state index contributed by atoms with van der Waals surface area (Å²) in [5, 5.41) is 13.9. The first-order valence-electron chi connectivity index (χ1n) is 7.62. The number of nitrogens with zero attached hydrogens (tertiary/aromatic N) is 1. The van der Waals surface area contributed by atoms with Crippen LogP contribution in [-0.2, 0) is 0 Å². The lowest BCUT2D eigenvalue weighted by Crippen LogP contribution is -2.31. The van der Waals surface area contributed by atoms with Crippen molar-refractivity contribution < 1.29 is 14.7 Å². The van der Waals surface area contributed by atoms with Crippen LogP contribution in [0, 0.1) is 0 Å². The van der Waals surface area contributed by atoms with E-state index in [1.54, 1.807) is 43.4 Å². The minimum Gasteiger partial charge on any atom is -0.478 e. The molecule has 3 aromatic carbocycles. The fraction of sp³-hybridized carbons (Fsp3) is 0.0526. The number of para-hydroxylation sites is 1. The molecule has 0 saturated heterocycles. The molecule has 0 atom stereocenters. The Morgan fingerprint density at radius 3 is 2.38 bits per heavy atom. The van der Waals surface area contributed by atoms with Gasteiger partial charge in [0.2, 0.25) is 0 Å². The standard InChI is InChI=1S/C19H14Cl2N2O3/c1-23(19(26)22-14-5-3-2-4-6-14)16-9-12(18(24)25)7-11-8-13(20)10-15(21)17(11)16/h2-10H,1H3,(H,22,26)(H,24,25). The maximum atomic E-state index is 12.6. The fourth-order valence-electron chi connectivity index (χ4n) is 2.63. The maximum Gasteiger partial charge on any atom is 0.335 e. The van der Waals surface area contributed by atoms with Crippen LogP contribution in [0.1, 0.15) is 10.4 Å². The van der Waals surface area contributed by atoms with Crippen LogP contribution in [0.4, 0.5) is 16.2 Å². The number of benzene rings is 3. The molecule has 0 heterocycles. The Hall–Kier alpha value is -2.76. The predicted molar refractivity (Wildman–Crippen MR) is 105 cm³/mol. The van der Waals surface area contributed by atoms with E-state index in [0.29, 0.717) is 32.2 Å². The topological polar surface area (TPSA) is 69.6 Å². The van der Waals surface area contributed by atoms with Gasteiger partial charge in [-0.3, -0.25) is 4.90 Å². The molecular weight excluding hydrogens is 375 g/mol. The molecule has 2 amide bonds. The number of nitrogens with one attached hydrogen (secondary N) is 1. The molecule has 2 N–H and O–H groups in total. The molecule has 0 fully saturated rings. The number of amides is 2. The molecule has 0 aliphatic heterocycles. The number of carbonyl (C=O) groups excluding carboxylic acids is 1. The summed E-state index contributed by atoms with van der Waals surface area (Å²) in [6.45, 7) is 0. The third-order valence-corrected chi connectivity index (χ3v) is 4.40. The molecule has 7 heteroatoms. The van der Waals surface area contributed by atoms with Crippen LogP contribution >= 0.6 is 23.2 Å². The molecule has 0 spiro atoms. The molecule has 0 saturated carbocycles. The molecule has 26 heavy (non-hydrogen) atoms. The zero-order valence-corrected chi connectivity index (χ0v) is 15.2. The average molecular weight is 389 g/mol. The molecule has 0 aliphatic carbocycles. The van der Waals surface area contributed by atoms with Crippen molar-refractivity contribution in [3.63, 3.8) is 0 Å². The van der Waals surface area contributed by atoms with Crippen LogP contribution in [0.5, 0.6) is 0 Å². The molecule has 0 bridgehead atoms. The van der Waals surface area contributed by atoms with Gasteiger partial charge in [-0.2, -0.15) is 0 Å². The number of urea groups is 1. The fourth-order valence-corrected chi connectivity index (χ4v) is 3.24. The van der Waals surface area contributed by atoms with Crippen molar-refractivity contribution in [3.05, 3.63) is 70.2 Å². The van der Waals surface area contributed by atoms with Gasteiger partial charge in [0.05, 0.1) is 16.3 Å². The highest BCUT2D eigenvalue weighted by Gasteiger charge is 2.19. The number of aromatic carboxylic acids is 1. The van der Waals surface area contributed by atoms with Gasteiger partial charge in [0.15, 0.2) is 0 Å². The van der Waals surface area contributed by atoms with Gasteiger partial charge in [0.25, 0.3) is 0 Å². The highest BCUT2D eigenvalue weighted by atomic mass is 35.5. The van der Waals surface area contributed by atoms with Crippen molar-refractivity contribution in [1.29, 1.82) is 0 Å². The number of fused-ring (bicyclic) bond motifs is 1. The lowest BCUT2D eigenvalue weighted by Gasteiger charge is -2.21. The number of anilines is 2. The van der Waals surface area contributed by atoms with Gasteiger partial charge in [0, 0.05) is 23.1 Å². The van der Waals surface area contributed by atoms with Crippen molar-refractivity contribution in [2.24, 2.45) is 0 Å². The smallest absolute Gasteiger partial charge is 0.335 e. The van der Waals surface area contributed by atoms with Crippen LogP contribution in [0.3, 0.4) is 0 Å². The van der Waals surface area contributed by atoms with Gasteiger partial charge in [-0.25, -0.2) is 9.59 Å². The second kappa shape index (κ2) is 7.23. The van der Waals surface area contributed by atoms with Gasteiger partial charge < -0.3 is 10.4 Å². The highest BCUT2D eigenvalue weighted by molar-refractivity contribution is 6.40. The van der Waals surface area contributed by atoms with Gasteiger partial charge >= 0.3 is 12.0 Å². The largest absolute Gasteiger partial charge is 0.478 e. The van der Waals surface area contributed by atoms with E-state index in [9.17, 15) is 14.7 Å². The number of hydrogen-bond donors (Lipinski definition) is 2. The van der Waals surface area contributed by atoms with Crippen molar-refractivity contribution >= 4 is 57.3 Å². The van der Waals surface area contributed by atoms with Crippen LogP contribution in [0.15, 0.2) is 54.6 Å². The molecule has 5 nitrogen and oxygen atoms in total. The summed E-state index contributed by atoms with van der Waals surface area (Å²) in [6.07, 6.45) is 0. The molecule has 0 aliphatic rings. The van der Waals surface area contributed by atoms with Crippen LogP contribution in [0.25, 0.3) is 10.8 Å². The molecular formula is C19H14Cl2N2O3. The Morgan fingerprint density at radius 2 is 1.73 bits per heavy atom. The van der Waals surface area contributed by atoms with E-state index in [2.05, 4.69) is 5.32 Å². The summed E-state index contributed by atoms with van der Waals surface area (Å²) in [6, 6.07) is 14.6. The Bertz CT molecular complexity index is 1010. The summed E-state index contributed by atoms with van der Waals surface area (Å²) < 4.78 is 0. The normalized spacial score (nSPS) is 10.6. The van der Waals surface area contributed by atoms with E-state index in [1.807, 2.05) is 6.07 Å². The molecule has 3 rings (SSSR count). The summed E-state index contributed by atoms with van der Waals surface area (Å²) in [5.41, 5.74) is 1.03. The van der Waals surface area contributed by atoms with E-state index < -0.39 is 12.0 Å². The first kappa shape index (κ1) is 18.0. The quantitative estimate of drug-likeness (QED) is 0.620. The highest BCUT2D eigenvalue weighted by Crippen LogP contribution is 2.36. The summed E-state index contributed by atoms with van der Waals surface area (Å²) in [5.74, 6) is -1.11. The van der Waals surface area contributed by atoms with Crippen molar-refractivity contribution in [3.8, 4) is 0 Å². The second-order valence-corrected chi connectivity index (χ2v) is 6.49. The number of rotatable bonds is 3. The Balaban J connectivity index is 2.10. The SMILES string of the molecule is CN(C(=O)Nc1ccccc1)c1cc(C(=O)O)cc2cc(Cl)cc(Cl)c12. The van der Waals surface area contributed by atoms with Crippen molar-refractivity contribution in [1.82, 2.24) is 0 Å². The third kappa shape index (κ3) is 3.59. The Labute approximate surface area is 159 Å². The summed E-state index contributed by atoms with van der Waals surface area (Å²) in [4.78, 5) is 25.4. The second-order valence-electron chi connectivity index (χ2n) is 5.64. The van der Waals surface area contributed by atoms with Gasteiger partial charge in [-0.05, 0) is 41.8 Å². The van der Waals surface area contributed by atoms with Crippen molar-refractivity contribution in [2.45, 2.75) is 0 Å². The van der Waals surface area contributed by atoms with Gasteiger partial charge in [-0.1, -0.05) is 41.4 Å². The average Bonchev–Trinajstić information content (AvgIpc) is 2.60. The lowest BCUT2D eigenvalue weighted by molar-refractivity contribution is 0.0697. The Kier molecular flexibility index (Phi) is 5.02. The minimum atomic E-state index is -1.11. The predicted octanol–water partition coefficient (Wildman–Crippen LogP) is 5.51. The summed E-state index contributed by atoms with van der Waals surface area (Å²) in [7, 11) is 1.55. The molecule has 3 aromatic rings. The number of carboxylic acid groups (broad SMARTS) is 1. The first-order chi connectivity index (χ1) is 12.4. The van der Waals surface area contributed by atoms with E-state index in [-0.39, 0.29) is 5.56 Å². The minimum absolute atomic E-state index is 0.0326. The zero-order chi connectivity index (χ0) is 18.8. The van der Waals surface area contributed by atoms with Gasteiger partial charge in [-0.15, -0.1) is 0 Å². The lowest BCUT2D eigenvalue weighted by atomic mass is 10.0. The number of halogens is 2. The van der Waals surface area contributed by atoms with Crippen LogP contribution in [0.2, 0.25) is 10.0 Å². The Morgan fingerprint density at radius 1 is 1.04 bits per heavy atom. The summed E-state index contributed by atoms with van der Waals surface area (Å²) >= 11 is 12.4. The molecule has 132 valence electrons. The van der Waals surface area contributed by atoms with E-state index in [1.165, 1.54) is 17.0 Å². The number of carbonyl (C=O) groups is 2. The van der Waals surface area contributed by atoms with Crippen molar-refractivity contribution in [2.75, 3.05) is 17.3 Å². The van der Waals surface area contributed by atoms with E-state index in [4.69, 9.17) is 23.2 Å². The monoisotopic (exact) mass is 388 g/mol.